The summed E-state index contributed by atoms with van der Waals surface area (Å²) in [5.74, 6) is -0.511. The standard InChI is InChI=1S/C18H23N3O3S/c1-13-8-9-14(2)16(12-13)25(23,24)21-11-10-20-17(18(19)22)15-6-4-3-5-7-15/h3-9,12,17,20-21H,10-11H2,1-2H3,(H2,19,22)/t17-/m0/s1. The molecule has 0 aromatic heterocycles. The summed E-state index contributed by atoms with van der Waals surface area (Å²) in [5.41, 5.74) is 7.73. The summed E-state index contributed by atoms with van der Waals surface area (Å²) in [7, 11) is -3.60. The zero-order valence-electron chi connectivity index (χ0n) is 14.3. The number of amides is 1. The molecule has 4 N–H and O–H groups in total. The van der Waals surface area contributed by atoms with E-state index in [4.69, 9.17) is 5.73 Å². The van der Waals surface area contributed by atoms with Gasteiger partial charge < -0.3 is 11.1 Å². The Morgan fingerprint density at radius 1 is 1.08 bits per heavy atom. The van der Waals surface area contributed by atoms with Crippen LogP contribution in [0.2, 0.25) is 0 Å². The van der Waals surface area contributed by atoms with E-state index >= 15 is 0 Å². The summed E-state index contributed by atoms with van der Waals surface area (Å²) in [6.07, 6.45) is 0. The van der Waals surface area contributed by atoms with Crippen molar-refractivity contribution in [2.24, 2.45) is 5.73 Å². The number of nitrogens with one attached hydrogen (secondary N) is 2. The van der Waals surface area contributed by atoms with Gasteiger partial charge in [0.05, 0.1) is 4.90 Å². The van der Waals surface area contributed by atoms with Gasteiger partial charge >= 0.3 is 0 Å². The zero-order chi connectivity index (χ0) is 18.4. The van der Waals surface area contributed by atoms with Crippen molar-refractivity contribution in [3.05, 3.63) is 65.2 Å². The molecular weight excluding hydrogens is 338 g/mol. The first-order chi connectivity index (χ1) is 11.8. The van der Waals surface area contributed by atoms with Crippen LogP contribution in [0, 0.1) is 13.8 Å². The average molecular weight is 361 g/mol. The maximum atomic E-state index is 12.4. The lowest BCUT2D eigenvalue weighted by atomic mass is 10.1. The molecule has 0 radical (unpaired) electrons. The Kier molecular flexibility index (Phi) is 6.30. The zero-order valence-corrected chi connectivity index (χ0v) is 15.1. The molecule has 7 heteroatoms. The predicted molar refractivity (Wildman–Crippen MR) is 97.5 cm³/mol. The Bertz CT molecular complexity index is 836. The van der Waals surface area contributed by atoms with Crippen LogP contribution in [-0.2, 0) is 14.8 Å². The van der Waals surface area contributed by atoms with E-state index in [1.165, 1.54) is 0 Å². The Hall–Kier alpha value is -2.22. The molecular formula is C18H23N3O3S. The lowest BCUT2D eigenvalue weighted by molar-refractivity contribution is -0.120. The van der Waals surface area contributed by atoms with E-state index in [1.807, 2.05) is 31.2 Å². The molecule has 2 rings (SSSR count). The molecule has 0 spiro atoms. The second-order valence-electron chi connectivity index (χ2n) is 5.87. The highest BCUT2D eigenvalue weighted by Crippen LogP contribution is 2.16. The number of sulfonamides is 1. The third-order valence-electron chi connectivity index (χ3n) is 3.82. The number of rotatable bonds is 8. The SMILES string of the molecule is Cc1ccc(C)c(S(=O)(=O)NCCN[C@H](C(N)=O)c2ccccc2)c1. The summed E-state index contributed by atoms with van der Waals surface area (Å²) in [6.45, 7) is 4.01. The molecule has 0 saturated carbocycles. The molecule has 0 bridgehead atoms. The third kappa shape index (κ3) is 5.12. The van der Waals surface area contributed by atoms with Crippen LogP contribution in [0.3, 0.4) is 0 Å². The molecule has 0 aliphatic carbocycles. The number of carbonyl (C=O) groups is 1. The van der Waals surface area contributed by atoms with Crippen LogP contribution in [0.15, 0.2) is 53.4 Å². The fourth-order valence-electron chi connectivity index (χ4n) is 2.50. The minimum Gasteiger partial charge on any atom is -0.368 e. The van der Waals surface area contributed by atoms with Gasteiger partial charge in [-0.25, -0.2) is 13.1 Å². The fourth-order valence-corrected chi connectivity index (χ4v) is 3.86. The van der Waals surface area contributed by atoms with E-state index in [-0.39, 0.29) is 18.0 Å². The molecule has 2 aromatic carbocycles. The van der Waals surface area contributed by atoms with E-state index < -0.39 is 22.0 Å². The largest absolute Gasteiger partial charge is 0.368 e. The summed E-state index contributed by atoms with van der Waals surface area (Å²) >= 11 is 0. The van der Waals surface area contributed by atoms with Crippen molar-refractivity contribution >= 4 is 15.9 Å². The number of benzene rings is 2. The van der Waals surface area contributed by atoms with Crippen LogP contribution in [-0.4, -0.2) is 27.4 Å². The summed E-state index contributed by atoms with van der Waals surface area (Å²) in [6, 6.07) is 13.7. The molecule has 0 aliphatic rings. The Balaban J connectivity index is 1.97. The van der Waals surface area contributed by atoms with Gasteiger partial charge in [0.25, 0.3) is 0 Å². The minimum atomic E-state index is -3.60. The summed E-state index contributed by atoms with van der Waals surface area (Å²) in [4.78, 5) is 11.9. The van der Waals surface area contributed by atoms with Gasteiger partial charge in [0.1, 0.15) is 6.04 Å². The van der Waals surface area contributed by atoms with Crippen LogP contribution in [0.5, 0.6) is 0 Å². The Morgan fingerprint density at radius 3 is 2.40 bits per heavy atom. The van der Waals surface area contributed by atoms with Gasteiger partial charge in [0.2, 0.25) is 15.9 Å². The van der Waals surface area contributed by atoms with E-state index in [2.05, 4.69) is 10.0 Å². The van der Waals surface area contributed by atoms with Crippen molar-refractivity contribution in [3.63, 3.8) is 0 Å². The van der Waals surface area contributed by atoms with E-state index in [0.29, 0.717) is 5.56 Å². The Labute approximate surface area is 148 Å². The molecule has 2 aromatic rings. The maximum absolute atomic E-state index is 12.4. The van der Waals surface area contributed by atoms with Crippen molar-refractivity contribution in [3.8, 4) is 0 Å². The smallest absolute Gasteiger partial charge is 0.240 e. The molecule has 134 valence electrons. The Morgan fingerprint density at radius 2 is 1.76 bits per heavy atom. The molecule has 0 saturated heterocycles. The quantitative estimate of drug-likeness (QED) is 0.619. The molecule has 25 heavy (non-hydrogen) atoms. The highest BCUT2D eigenvalue weighted by atomic mass is 32.2. The first kappa shape index (κ1) is 19.1. The number of aryl methyl sites for hydroxylation is 2. The second-order valence-corrected chi connectivity index (χ2v) is 7.60. The highest BCUT2D eigenvalue weighted by Gasteiger charge is 2.19. The highest BCUT2D eigenvalue weighted by molar-refractivity contribution is 7.89. The first-order valence-corrected chi connectivity index (χ1v) is 9.44. The van der Waals surface area contributed by atoms with E-state index in [9.17, 15) is 13.2 Å². The minimum absolute atomic E-state index is 0.145. The molecule has 0 heterocycles. The van der Waals surface area contributed by atoms with Gasteiger partial charge in [0.15, 0.2) is 0 Å². The van der Waals surface area contributed by atoms with Crippen LogP contribution in [0.4, 0.5) is 0 Å². The number of carbonyl (C=O) groups excluding carboxylic acids is 1. The van der Waals surface area contributed by atoms with Crippen LogP contribution >= 0.6 is 0 Å². The van der Waals surface area contributed by atoms with E-state index in [0.717, 1.165) is 11.1 Å². The monoisotopic (exact) mass is 361 g/mol. The van der Waals surface area contributed by atoms with Gasteiger partial charge in [-0.1, -0.05) is 42.5 Å². The third-order valence-corrected chi connectivity index (χ3v) is 5.42. The van der Waals surface area contributed by atoms with Crippen molar-refractivity contribution in [1.82, 2.24) is 10.0 Å². The number of hydrogen-bond acceptors (Lipinski definition) is 4. The molecule has 1 atom stereocenters. The molecule has 6 nitrogen and oxygen atoms in total. The van der Waals surface area contributed by atoms with Gasteiger partial charge in [-0.05, 0) is 36.6 Å². The first-order valence-electron chi connectivity index (χ1n) is 7.96. The van der Waals surface area contributed by atoms with E-state index in [1.54, 1.807) is 31.2 Å². The van der Waals surface area contributed by atoms with Crippen molar-refractivity contribution in [2.75, 3.05) is 13.1 Å². The van der Waals surface area contributed by atoms with Crippen LogP contribution in [0.1, 0.15) is 22.7 Å². The number of hydrogen-bond donors (Lipinski definition) is 3. The lowest BCUT2D eigenvalue weighted by Gasteiger charge is -2.16. The van der Waals surface area contributed by atoms with Crippen molar-refractivity contribution in [2.45, 2.75) is 24.8 Å². The van der Waals surface area contributed by atoms with Crippen molar-refractivity contribution in [1.29, 1.82) is 0 Å². The van der Waals surface area contributed by atoms with Crippen LogP contribution in [0.25, 0.3) is 0 Å². The molecule has 1 amide bonds. The number of primary amides is 1. The van der Waals surface area contributed by atoms with Gasteiger partial charge in [-0.2, -0.15) is 0 Å². The fraction of sp³-hybridized carbons (Fsp3) is 0.278. The van der Waals surface area contributed by atoms with Gasteiger partial charge in [-0.3, -0.25) is 4.79 Å². The average Bonchev–Trinajstić information content (AvgIpc) is 2.57. The molecule has 0 unspecified atom stereocenters. The van der Waals surface area contributed by atoms with Gasteiger partial charge in [0, 0.05) is 13.1 Å². The maximum Gasteiger partial charge on any atom is 0.240 e. The topological polar surface area (TPSA) is 101 Å². The predicted octanol–water partition coefficient (Wildman–Crippen LogP) is 1.40. The lowest BCUT2D eigenvalue weighted by Crippen LogP contribution is -2.38. The number of nitrogens with two attached hydrogens (primary N) is 1. The normalized spacial score (nSPS) is 12.7. The van der Waals surface area contributed by atoms with Crippen molar-refractivity contribution < 1.29 is 13.2 Å². The molecule has 0 fully saturated rings. The second kappa shape index (κ2) is 8.24. The summed E-state index contributed by atoms with van der Waals surface area (Å²) in [5, 5.41) is 2.98. The van der Waals surface area contributed by atoms with Crippen LogP contribution < -0.4 is 15.8 Å². The summed E-state index contributed by atoms with van der Waals surface area (Å²) < 4.78 is 27.4. The van der Waals surface area contributed by atoms with Gasteiger partial charge in [-0.15, -0.1) is 0 Å². The molecule has 0 aliphatic heterocycles.